The topological polar surface area (TPSA) is 86.3 Å². The van der Waals surface area contributed by atoms with Crippen molar-refractivity contribution in [3.63, 3.8) is 0 Å². The minimum absolute atomic E-state index is 0.0553. The van der Waals surface area contributed by atoms with Gasteiger partial charge in [0.2, 0.25) is 5.91 Å². The van der Waals surface area contributed by atoms with Gasteiger partial charge in [-0.3, -0.25) is 9.59 Å². The summed E-state index contributed by atoms with van der Waals surface area (Å²) >= 11 is 0. The van der Waals surface area contributed by atoms with Crippen LogP contribution in [0.2, 0.25) is 0 Å². The van der Waals surface area contributed by atoms with Crippen molar-refractivity contribution in [2.45, 2.75) is 33.2 Å². The van der Waals surface area contributed by atoms with Crippen LogP contribution in [0.15, 0.2) is 36.5 Å². The number of rotatable bonds is 7. The van der Waals surface area contributed by atoms with Gasteiger partial charge in [-0.05, 0) is 18.4 Å². The molecule has 0 spiro atoms. The lowest BCUT2D eigenvalue weighted by molar-refractivity contribution is -0.146. The molecule has 1 amide bonds. The minimum atomic E-state index is -1.03. The molecular weight excluding hydrogens is 306 g/mol. The van der Waals surface area contributed by atoms with E-state index in [-0.39, 0.29) is 30.8 Å². The van der Waals surface area contributed by atoms with Crippen LogP contribution < -0.4 is 0 Å². The molecule has 1 unspecified atom stereocenters. The van der Waals surface area contributed by atoms with Crippen LogP contribution in [0.1, 0.15) is 36.8 Å². The molecule has 1 aromatic heterocycles. The smallest absolute Gasteiger partial charge is 0.323 e. The lowest BCUT2D eigenvalue weighted by Gasteiger charge is -2.28. The molecule has 128 valence electrons. The van der Waals surface area contributed by atoms with E-state index >= 15 is 0 Å². The monoisotopic (exact) mass is 329 g/mol. The molecular formula is C18H23N3O3. The van der Waals surface area contributed by atoms with Crippen molar-refractivity contribution in [2.75, 3.05) is 6.54 Å². The highest BCUT2D eigenvalue weighted by atomic mass is 16.4. The second-order valence-electron chi connectivity index (χ2n) is 6.21. The molecule has 6 heteroatoms. The number of amides is 1. The molecule has 2 aromatic rings. The Labute approximate surface area is 141 Å². The third kappa shape index (κ3) is 4.44. The highest BCUT2D eigenvalue weighted by Gasteiger charge is 2.30. The zero-order valence-electron chi connectivity index (χ0n) is 14.2. The van der Waals surface area contributed by atoms with E-state index in [4.69, 9.17) is 0 Å². The van der Waals surface area contributed by atoms with Crippen LogP contribution in [0.4, 0.5) is 0 Å². The Balaban J connectivity index is 2.28. The average molecular weight is 329 g/mol. The van der Waals surface area contributed by atoms with Crippen LogP contribution in [-0.4, -0.2) is 38.4 Å². The first kappa shape index (κ1) is 17.7. The normalized spacial score (nSPS) is 12.2. The number of aryl methyl sites for hydroxylation is 1. The average Bonchev–Trinajstić information content (AvgIpc) is 2.92. The van der Waals surface area contributed by atoms with Gasteiger partial charge >= 0.3 is 5.97 Å². The van der Waals surface area contributed by atoms with Crippen LogP contribution in [0.5, 0.6) is 0 Å². The Bertz CT molecular complexity index is 695. The van der Waals surface area contributed by atoms with Gasteiger partial charge in [0, 0.05) is 0 Å². The van der Waals surface area contributed by atoms with Crippen molar-refractivity contribution in [3.8, 4) is 0 Å². The Morgan fingerprint density at radius 1 is 1.25 bits per heavy atom. The number of carboxylic acids is 1. The van der Waals surface area contributed by atoms with Crippen LogP contribution >= 0.6 is 0 Å². The zero-order valence-corrected chi connectivity index (χ0v) is 14.2. The number of aromatic amines is 1. The lowest BCUT2D eigenvalue weighted by atomic mass is 9.87. The molecule has 0 bridgehead atoms. The number of nitrogens with zero attached hydrogens (tertiary/aromatic N) is 2. The van der Waals surface area contributed by atoms with Crippen molar-refractivity contribution < 1.29 is 14.7 Å². The van der Waals surface area contributed by atoms with Gasteiger partial charge in [-0.15, -0.1) is 0 Å². The molecule has 0 saturated carbocycles. The second-order valence-corrected chi connectivity index (χ2v) is 6.21. The summed E-state index contributed by atoms with van der Waals surface area (Å²) in [5.74, 6) is -0.813. The summed E-state index contributed by atoms with van der Waals surface area (Å²) in [6, 6.07) is 9.48. The SMILES string of the molecule is Cc1ncc(CN(CC(=O)O)C(=O)C(c2ccccc2)C(C)C)[nH]1. The fourth-order valence-electron chi connectivity index (χ4n) is 2.80. The highest BCUT2D eigenvalue weighted by molar-refractivity contribution is 5.87. The van der Waals surface area contributed by atoms with Gasteiger partial charge in [-0.2, -0.15) is 0 Å². The van der Waals surface area contributed by atoms with Crippen LogP contribution in [-0.2, 0) is 16.1 Å². The Morgan fingerprint density at radius 2 is 1.92 bits per heavy atom. The number of aliphatic carboxylic acids is 1. The molecule has 0 radical (unpaired) electrons. The van der Waals surface area contributed by atoms with Gasteiger partial charge in [0.25, 0.3) is 0 Å². The van der Waals surface area contributed by atoms with Crippen molar-refractivity contribution in [1.82, 2.24) is 14.9 Å². The maximum Gasteiger partial charge on any atom is 0.323 e. The van der Waals surface area contributed by atoms with E-state index in [0.29, 0.717) is 0 Å². The summed E-state index contributed by atoms with van der Waals surface area (Å²) in [6.45, 7) is 5.60. The van der Waals surface area contributed by atoms with Gasteiger partial charge in [-0.25, -0.2) is 4.98 Å². The maximum atomic E-state index is 13.1. The number of hydrogen-bond acceptors (Lipinski definition) is 3. The number of imidazole rings is 1. The van der Waals surface area contributed by atoms with E-state index in [2.05, 4.69) is 9.97 Å². The number of H-pyrrole nitrogens is 1. The van der Waals surface area contributed by atoms with Crippen LogP contribution in [0.25, 0.3) is 0 Å². The molecule has 0 aliphatic carbocycles. The van der Waals surface area contributed by atoms with Gasteiger partial charge in [0.1, 0.15) is 12.4 Å². The third-order valence-corrected chi connectivity index (χ3v) is 3.85. The largest absolute Gasteiger partial charge is 0.480 e. The van der Waals surface area contributed by atoms with Gasteiger partial charge < -0.3 is 15.0 Å². The summed E-state index contributed by atoms with van der Waals surface area (Å²) in [5.41, 5.74) is 1.62. The lowest BCUT2D eigenvalue weighted by Crippen LogP contribution is -2.40. The minimum Gasteiger partial charge on any atom is -0.480 e. The number of aromatic nitrogens is 2. The van der Waals surface area contributed by atoms with E-state index < -0.39 is 5.97 Å². The molecule has 24 heavy (non-hydrogen) atoms. The van der Waals surface area contributed by atoms with Gasteiger partial charge in [0.15, 0.2) is 0 Å². The summed E-state index contributed by atoms with van der Waals surface area (Å²) in [5, 5.41) is 9.19. The van der Waals surface area contributed by atoms with E-state index in [1.54, 1.807) is 6.20 Å². The zero-order chi connectivity index (χ0) is 17.7. The molecule has 2 rings (SSSR count). The Hall–Kier alpha value is -2.63. The number of nitrogens with one attached hydrogen (secondary N) is 1. The molecule has 0 aliphatic rings. The fourth-order valence-corrected chi connectivity index (χ4v) is 2.80. The van der Waals surface area contributed by atoms with E-state index in [9.17, 15) is 14.7 Å². The van der Waals surface area contributed by atoms with Crippen molar-refractivity contribution in [2.24, 2.45) is 5.92 Å². The molecule has 0 fully saturated rings. The standard InChI is InChI=1S/C18H23N3O3/c1-12(2)17(14-7-5-4-6-8-14)18(24)21(11-16(22)23)10-15-9-19-13(3)20-15/h4-9,12,17H,10-11H2,1-3H3,(H,19,20)(H,22,23). The number of hydrogen-bond donors (Lipinski definition) is 2. The van der Waals surface area contributed by atoms with Crippen molar-refractivity contribution >= 4 is 11.9 Å². The number of carbonyl (C=O) groups is 2. The highest BCUT2D eigenvalue weighted by Crippen LogP contribution is 2.27. The fraction of sp³-hybridized carbons (Fsp3) is 0.389. The summed E-state index contributed by atoms with van der Waals surface area (Å²) in [7, 11) is 0. The number of benzene rings is 1. The quantitative estimate of drug-likeness (QED) is 0.817. The van der Waals surface area contributed by atoms with Gasteiger partial charge in [0.05, 0.1) is 24.4 Å². The summed E-state index contributed by atoms with van der Waals surface area (Å²) in [6.07, 6.45) is 1.63. The van der Waals surface area contributed by atoms with E-state index in [1.807, 2.05) is 51.1 Å². The summed E-state index contributed by atoms with van der Waals surface area (Å²) < 4.78 is 0. The molecule has 0 aliphatic heterocycles. The predicted molar refractivity (Wildman–Crippen MR) is 90.4 cm³/mol. The first-order valence-corrected chi connectivity index (χ1v) is 7.94. The first-order chi connectivity index (χ1) is 11.4. The molecule has 1 atom stereocenters. The Kier molecular flexibility index (Phi) is 5.73. The maximum absolute atomic E-state index is 13.1. The molecule has 0 saturated heterocycles. The number of carbonyl (C=O) groups excluding carboxylic acids is 1. The number of carboxylic acid groups (broad SMARTS) is 1. The van der Waals surface area contributed by atoms with Crippen molar-refractivity contribution in [1.29, 1.82) is 0 Å². The predicted octanol–water partition coefficient (Wildman–Crippen LogP) is 2.57. The second kappa shape index (κ2) is 7.77. The van der Waals surface area contributed by atoms with Gasteiger partial charge in [-0.1, -0.05) is 44.2 Å². The van der Waals surface area contributed by atoms with Crippen molar-refractivity contribution in [3.05, 3.63) is 53.6 Å². The molecule has 1 heterocycles. The Morgan fingerprint density at radius 3 is 2.42 bits per heavy atom. The van der Waals surface area contributed by atoms with E-state index in [0.717, 1.165) is 17.1 Å². The molecule has 1 aromatic carbocycles. The van der Waals surface area contributed by atoms with Crippen LogP contribution in [0, 0.1) is 12.8 Å². The summed E-state index contributed by atoms with van der Waals surface area (Å²) in [4.78, 5) is 32.8. The van der Waals surface area contributed by atoms with Crippen LogP contribution in [0.3, 0.4) is 0 Å². The first-order valence-electron chi connectivity index (χ1n) is 7.94. The molecule has 6 nitrogen and oxygen atoms in total. The van der Waals surface area contributed by atoms with E-state index in [1.165, 1.54) is 4.90 Å². The third-order valence-electron chi connectivity index (χ3n) is 3.85. The molecule has 2 N–H and O–H groups in total.